The van der Waals surface area contributed by atoms with Gasteiger partial charge in [0.1, 0.15) is 5.82 Å². The van der Waals surface area contributed by atoms with Crippen molar-refractivity contribution in [2.24, 2.45) is 0 Å². The lowest BCUT2D eigenvalue weighted by molar-refractivity contribution is 0.0343. The molecular weight excluding hydrogens is 250 g/mol. The zero-order valence-corrected chi connectivity index (χ0v) is 12.1. The van der Waals surface area contributed by atoms with Gasteiger partial charge in [-0.1, -0.05) is 13.0 Å². The van der Waals surface area contributed by atoms with Crippen molar-refractivity contribution >= 4 is 11.0 Å². The van der Waals surface area contributed by atoms with Crippen molar-refractivity contribution in [3.8, 4) is 0 Å². The molecule has 108 valence electrons. The number of benzene rings is 1. The number of piperidine rings is 1. The smallest absolute Gasteiger partial charge is 0.109 e. The van der Waals surface area contributed by atoms with E-state index in [0.29, 0.717) is 6.10 Å². The summed E-state index contributed by atoms with van der Waals surface area (Å²) in [5, 5.41) is 3.35. The molecule has 0 unspecified atom stereocenters. The molecule has 4 heteroatoms. The zero-order chi connectivity index (χ0) is 13.8. The summed E-state index contributed by atoms with van der Waals surface area (Å²) in [6, 6.07) is 6.44. The van der Waals surface area contributed by atoms with Gasteiger partial charge < -0.3 is 15.0 Å². The summed E-state index contributed by atoms with van der Waals surface area (Å²) in [5.74, 6) is 1.03. The Hall–Kier alpha value is -1.39. The second kappa shape index (κ2) is 6.37. The highest BCUT2D eigenvalue weighted by Gasteiger charge is 2.13. The number of imidazole rings is 1. The van der Waals surface area contributed by atoms with Crippen LogP contribution in [0.2, 0.25) is 0 Å². The number of hydrogen-bond acceptors (Lipinski definition) is 3. The number of hydrogen-bond donors (Lipinski definition) is 2. The third-order valence-corrected chi connectivity index (χ3v) is 3.98. The van der Waals surface area contributed by atoms with E-state index in [-0.39, 0.29) is 0 Å². The van der Waals surface area contributed by atoms with Crippen LogP contribution in [0.3, 0.4) is 0 Å². The molecule has 1 saturated heterocycles. The first-order valence-corrected chi connectivity index (χ1v) is 7.65. The van der Waals surface area contributed by atoms with E-state index in [1.807, 2.05) is 0 Å². The molecule has 1 aliphatic heterocycles. The van der Waals surface area contributed by atoms with Crippen LogP contribution < -0.4 is 5.32 Å². The first-order valence-electron chi connectivity index (χ1n) is 7.65. The standard InChI is InChI=1S/C16H23N3O/c1-2-12-3-4-14-15(11-12)19-16(18-14)7-10-20-13-5-8-17-9-6-13/h3-4,11,13,17H,2,5-10H2,1H3,(H,18,19). The summed E-state index contributed by atoms with van der Waals surface area (Å²) in [7, 11) is 0. The number of aromatic amines is 1. The summed E-state index contributed by atoms with van der Waals surface area (Å²) >= 11 is 0. The lowest BCUT2D eigenvalue weighted by Crippen LogP contribution is -2.32. The van der Waals surface area contributed by atoms with E-state index in [9.17, 15) is 0 Å². The second-order valence-electron chi connectivity index (χ2n) is 5.46. The fraction of sp³-hybridized carbons (Fsp3) is 0.562. The molecule has 0 spiro atoms. The maximum absolute atomic E-state index is 5.93. The van der Waals surface area contributed by atoms with Crippen LogP contribution in [-0.4, -0.2) is 35.8 Å². The van der Waals surface area contributed by atoms with Crippen molar-refractivity contribution < 1.29 is 4.74 Å². The fourth-order valence-corrected chi connectivity index (χ4v) is 2.73. The number of fused-ring (bicyclic) bond motifs is 1. The summed E-state index contributed by atoms with van der Waals surface area (Å²) in [6.07, 6.45) is 4.59. The van der Waals surface area contributed by atoms with Gasteiger partial charge >= 0.3 is 0 Å². The third-order valence-electron chi connectivity index (χ3n) is 3.98. The van der Waals surface area contributed by atoms with E-state index in [0.717, 1.165) is 62.2 Å². The van der Waals surface area contributed by atoms with E-state index in [1.165, 1.54) is 5.56 Å². The summed E-state index contributed by atoms with van der Waals surface area (Å²) in [5.41, 5.74) is 3.54. The highest BCUT2D eigenvalue weighted by atomic mass is 16.5. The Balaban J connectivity index is 1.57. The minimum absolute atomic E-state index is 0.423. The normalized spacial score (nSPS) is 16.9. The molecule has 0 bridgehead atoms. The minimum atomic E-state index is 0.423. The Morgan fingerprint density at radius 2 is 2.15 bits per heavy atom. The van der Waals surface area contributed by atoms with Crippen molar-refractivity contribution in [2.45, 2.75) is 38.7 Å². The highest BCUT2D eigenvalue weighted by molar-refractivity contribution is 5.75. The number of rotatable bonds is 5. The van der Waals surface area contributed by atoms with Gasteiger partial charge in [0, 0.05) is 6.42 Å². The van der Waals surface area contributed by atoms with Crippen molar-refractivity contribution in [3.63, 3.8) is 0 Å². The molecule has 0 atom stereocenters. The van der Waals surface area contributed by atoms with Crippen LogP contribution in [0.1, 0.15) is 31.2 Å². The van der Waals surface area contributed by atoms with Crippen LogP contribution in [0.25, 0.3) is 11.0 Å². The number of aromatic nitrogens is 2. The topological polar surface area (TPSA) is 49.9 Å². The Morgan fingerprint density at radius 3 is 2.95 bits per heavy atom. The van der Waals surface area contributed by atoms with Gasteiger partial charge in [-0.05, 0) is 50.0 Å². The van der Waals surface area contributed by atoms with E-state index in [4.69, 9.17) is 4.74 Å². The monoisotopic (exact) mass is 273 g/mol. The SMILES string of the molecule is CCc1ccc2nc(CCOC3CCNCC3)[nH]c2c1. The maximum atomic E-state index is 5.93. The van der Waals surface area contributed by atoms with Crippen LogP contribution >= 0.6 is 0 Å². The van der Waals surface area contributed by atoms with Crippen LogP contribution in [0.4, 0.5) is 0 Å². The molecule has 4 nitrogen and oxygen atoms in total. The maximum Gasteiger partial charge on any atom is 0.109 e. The Kier molecular flexibility index (Phi) is 4.33. The molecule has 2 heterocycles. The molecule has 1 aromatic heterocycles. The zero-order valence-electron chi connectivity index (χ0n) is 12.1. The second-order valence-corrected chi connectivity index (χ2v) is 5.46. The summed E-state index contributed by atoms with van der Waals surface area (Å²) in [6.45, 7) is 5.08. The predicted molar refractivity (Wildman–Crippen MR) is 81.0 cm³/mol. The molecule has 0 aliphatic carbocycles. The van der Waals surface area contributed by atoms with Crippen LogP contribution in [0, 0.1) is 0 Å². The summed E-state index contributed by atoms with van der Waals surface area (Å²) in [4.78, 5) is 8.03. The van der Waals surface area contributed by atoms with Gasteiger partial charge in [-0.3, -0.25) is 0 Å². The fourth-order valence-electron chi connectivity index (χ4n) is 2.73. The van der Waals surface area contributed by atoms with Gasteiger partial charge in [0.15, 0.2) is 0 Å². The molecule has 1 fully saturated rings. The number of nitrogens with one attached hydrogen (secondary N) is 2. The average molecular weight is 273 g/mol. The highest BCUT2D eigenvalue weighted by Crippen LogP contribution is 2.15. The minimum Gasteiger partial charge on any atom is -0.378 e. The Bertz CT molecular complexity index is 558. The Labute approximate surface area is 119 Å². The Morgan fingerprint density at radius 1 is 1.30 bits per heavy atom. The number of aryl methyl sites for hydroxylation is 1. The van der Waals surface area contributed by atoms with Crippen molar-refractivity contribution in [2.75, 3.05) is 19.7 Å². The average Bonchev–Trinajstić information content (AvgIpc) is 2.90. The number of H-pyrrole nitrogens is 1. The predicted octanol–water partition coefficient (Wildman–Crippen LogP) is 2.44. The molecule has 0 radical (unpaired) electrons. The molecular formula is C16H23N3O. The quantitative estimate of drug-likeness (QED) is 0.879. The third kappa shape index (κ3) is 3.19. The van der Waals surface area contributed by atoms with Crippen molar-refractivity contribution in [1.29, 1.82) is 0 Å². The molecule has 1 aliphatic rings. The first-order chi connectivity index (χ1) is 9.85. The lowest BCUT2D eigenvalue weighted by atomic mass is 10.1. The van der Waals surface area contributed by atoms with Crippen LogP contribution in [0.5, 0.6) is 0 Å². The number of ether oxygens (including phenoxy) is 1. The molecule has 0 saturated carbocycles. The van der Waals surface area contributed by atoms with Crippen molar-refractivity contribution in [3.05, 3.63) is 29.6 Å². The van der Waals surface area contributed by atoms with E-state index >= 15 is 0 Å². The van der Waals surface area contributed by atoms with Gasteiger partial charge in [-0.15, -0.1) is 0 Å². The van der Waals surface area contributed by atoms with Crippen LogP contribution in [-0.2, 0) is 17.6 Å². The van der Waals surface area contributed by atoms with Gasteiger partial charge in [-0.25, -0.2) is 4.98 Å². The molecule has 2 aromatic rings. The van der Waals surface area contributed by atoms with Crippen LogP contribution in [0.15, 0.2) is 18.2 Å². The number of nitrogens with zero attached hydrogens (tertiary/aromatic N) is 1. The molecule has 1 aromatic carbocycles. The molecule has 3 rings (SSSR count). The van der Waals surface area contributed by atoms with E-state index < -0.39 is 0 Å². The van der Waals surface area contributed by atoms with Gasteiger partial charge in [0.25, 0.3) is 0 Å². The van der Waals surface area contributed by atoms with Gasteiger partial charge in [0.05, 0.1) is 23.7 Å². The summed E-state index contributed by atoms with van der Waals surface area (Å²) < 4.78 is 5.93. The van der Waals surface area contributed by atoms with Gasteiger partial charge in [-0.2, -0.15) is 0 Å². The van der Waals surface area contributed by atoms with E-state index in [2.05, 4.69) is 40.4 Å². The first kappa shape index (κ1) is 13.6. The largest absolute Gasteiger partial charge is 0.378 e. The molecule has 2 N–H and O–H groups in total. The lowest BCUT2D eigenvalue weighted by Gasteiger charge is -2.22. The molecule has 20 heavy (non-hydrogen) atoms. The van der Waals surface area contributed by atoms with E-state index in [1.54, 1.807) is 0 Å². The van der Waals surface area contributed by atoms with Gasteiger partial charge in [0.2, 0.25) is 0 Å². The van der Waals surface area contributed by atoms with Crippen molar-refractivity contribution in [1.82, 2.24) is 15.3 Å². The molecule has 0 amide bonds.